The van der Waals surface area contributed by atoms with E-state index in [1.807, 2.05) is 0 Å². The van der Waals surface area contributed by atoms with E-state index in [1.54, 1.807) is 0 Å². The minimum Gasteiger partial charge on any atom is -0.512 e. The van der Waals surface area contributed by atoms with Gasteiger partial charge in [0.2, 0.25) is 0 Å². The van der Waals surface area contributed by atoms with E-state index in [0.717, 1.165) is 12.1 Å². The summed E-state index contributed by atoms with van der Waals surface area (Å²) in [7, 11) is -1.98. The zero-order valence-electron chi connectivity index (χ0n) is 6.64. The smallest absolute Gasteiger partial charge is 0.512 e. The Hall–Kier alpha value is -1.11. The van der Waals surface area contributed by atoms with Crippen molar-refractivity contribution < 1.29 is 24.2 Å². The number of hydrogen-bond acceptors (Lipinski definition) is 4. The molecule has 13 heavy (non-hydrogen) atoms. The minimum absolute atomic E-state index is 0.0406. The normalized spacial score (nSPS) is 9.85. The second-order valence-corrected chi connectivity index (χ2v) is 2.35. The first-order valence-corrected chi connectivity index (χ1v) is 3.55. The summed E-state index contributed by atoms with van der Waals surface area (Å²) in [6, 6.07) is 3.36. The predicted molar refractivity (Wildman–Crippen MR) is 43.1 cm³/mol. The molecular formula is C7H8BFO4. The maximum Gasteiger partial charge on any atom is 0.707 e. The fraction of sp³-hybridized carbons (Fsp3) is 0.143. The van der Waals surface area contributed by atoms with Crippen molar-refractivity contribution in [1.29, 1.82) is 0 Å². The zero-order valence-corrected chi connectivity index (χ0v) is 6.64. The lowest BCUT2D eigenvalue weighted by Crippen LogP contribution is -2.21. The lowest BCUT2D eigenvalue weighted by atomic mass is 10.1. The second kappa shape index (κ2) is 4.22. The molecule has 3 N–H and O–H groups in total. The molecule has 0 heterocycles. The van der Waals surface area contributed by atoms with Gasteiger partial charge in [-0.05, 0) is 18.2 Å². The van der Waals surface area contributed by atoms with Crippen LogP contribution in [-0.4, -0.2) is 22.5 Å². The van der Waals surface area contributed by atoms with Gasteiger partial charge in [0.1, 0.15) is 11.6 Å². The van der Waals surface area contributed by atoms with Crippen LogP contribution in [0.1, 0.15) is 5.56 Å². The van der Waals surface area contributed by atoms with E-state index in [0.29, 0.717) is 0 Å². The van der Waals surface area contributed by atoms with E-state index in [4.69, 9.17) is 15.2 Å². The molecule has 0 amide bonds. The van der Waals surface area contributed by atoms with Gasteiger partial charge in [-0.15, -0.1) is 0 Å². The van der Waals surface area contributed by atoms with Crippen molar-refractivity contribution >= 4 is 7.32 Å². The van der Waals surface area contributed by atoms with Crippen LogP contribution in [0.25, 0.3) is 0 Å². The fourth-order valence-electron chi connectivity index (χ4n) is 0.900. The Morgan fingerprint density at radius 3 is 2.62 bits per heavy atom. The van der Waals surface area contributed by atoms with Crippen LogP contribution in [0.4, 0.5) is 4.39 Å². The molecule has 0 saturated carbocycles. The summed E-state index contributed by atoms with van der Waals surface area (Å²) in [5.41, 5.74) is 0.160. The van der Waals surface area contributed by atoms with Crippen LogP contribution in [0.5, 0.6) is 5.75 Å². The molecule has 4 nitrogen and oxygen atoms in total. The Labute approximate surface area is 74.4 Å². The van der Waals surface area contributed by atoms with E-state index in [9.17, 15) is 4.39 Å². The van der Waals surface area contributed by atoms with Gasteiger partial charge in [0.25, 0.3) is 0 Å². The topological polar surface area (TPSA) is 69.9 Å². The molecule has 1 rings (SSSR count). The van der Waals surface area contributed by atoms with Gasteiger partial charge in [0.15, 0.2) is 0 Å². The van der Waals surface area contributed by atoms with Crippen molar-refractivity contribution in [3.63, 3.8) is 0 Å². The quantitative estimate of drug-likeness (QED) is 0.565. The maximum atomic E-state index is 12.6. The van der Waals surface area contributed by atoms with Crippen molar-refractivity contribution in [2.45, 2.75) is 6.61 Å². The first-order chi connectivity index (χ1) is 6.13. The van der Waals surface area contributed by atoms with E-state index in [-0.39, 0.29) is 11.3 Å². The molecule has 0 aliphatic carbocycles. The summed E-state index contributed by atoms with van der Waals surface area (Å²) in [6.45, 7) is -0.431. The van der Waals surface area contributed by atoms with Crippen LogP contribution < -0.4 is 4.65 Å². The lowest BCUT2D eigenvalue weighted by Gasteiger charge is -2.08. The van der Waals surface area contributed by atoms with Crippen molar-refractivity contribution in [3.05, 3.63) is 29.6 Å². The Kier molecular flexibility index (Phi) is 3.24. The van der Waals surface area contributed by atoms with Crippen LogP contribution in [0.3, 0.4) is 0 Å². The highest BCUT2D eigenvalue weighted by Crippen LogP contribution is 2.19. The molecule has 0 aliphatic heterocycles. The fourth-order valence-corrected chi connectivity index (χ4v) is 0.900. The molecule has 1 aromatic rings. The average molecular weight is 186 g/mol. The highest BCUT2D eigenvalue weighted by Gasteiger charge is 2.14. The standard InChI is InChI=1S/C7H8BFO4/c9-6-1-2-7(13-8(11)12)5(3-6)4-10/h1-3,10-12H,4H2. The molecule has 0 radical (unpaired) electrons. The van der Waals surface area contributed by atoms with Gasteiger partial charge in [-0.2, -0.15) is 0 Å². The molecule has 0 bridgehead atoms. The zero-order chi connectivity index (χ0) is 9.84. The molecule has 0 spiro atoms. The molecule has 0 unspecified atom stereocenters. The highest BCUT2D eigenvalue weighted by molar-refractivity contribution is 6.33. The Bertz CT molecular complexity index is 292. The third kappa shape index (κ3) is 2.69. The van der Waals surface area contributed by atoms with Crippen LogP contribution in [0.2, 0.25) is 0 Å². The molecule has 6 heteroatoms. The van der Waals surface area contributed by atoms with Gasteiger partial charge >= 0.3 is 7.32 Å². The van der Waals surface area contributed by atoms with Gasteiger partial charge in [0, 0.05) is 5.56 Å². The molecule has 1 aromatic carbocycles. The number of halogens is 1. The van der Waals surface area contributed by atoms with Crippen molar-refractivity contribution in [3.8, 4) is 5.75 Å². The molecule has 70 valence electrons. The summed E-state index contributed by atoms with van der Waals surface area (Å²) < 4.78 is 17.1. The number of hydrogen-bond donors (Lipinski definition) is 3. The predicted octanol–water partition coefficient (Wildman–Crippen LogP) is -0.334. The first-order valence-electron chi connectivity index (χ1n) is 3.55. The molecular weight excluding hydrogens is 178 g/mol. The van der Waals surface area contributed by atoms with Crippen LogP contribution in [-0.2, 0) is 6.61 Å². The largest absolute Gasteiger partial charge is 0.707 e. The number of benzene rings is 1. The lowest BCUT2D eigenvalue weighted by molar-refractivity contribution is 0.263. The van der Waals surface area contributed by atoms with E-state index < -0.39 is 19.7 Å². The van der Waals surface area contributed by atoms with E-state index in [2.05, 4.69) is 4.65 Å². The molecule has 0 fully saturated rings. The number of aliphatic hydroxyl groups is 1. The minimum atomic E-state index is -1.98. The van der Waals surface area contributed by atoms with E-state index in [1.165, 1.54) is 6.07 Å². The SMILES string of the molecule is OCc1cc(F)ccc1OB(O)O. The van der Waals surface area contributed by atoms with Crippen molar-refractivity contribution in [2.24, 2.45) is 0 Å². The Morgan fingerprint density at radius 1 is 1.38 bits per heavy atom. The first kappa shape index (κ1) is 9.98. The Balaban J connectivity index is 2.92. The molecule has 0 saturated heterocycles. The van der Waals surface area contributed by atoms with Gasteiger partial charge in [-0.1, -0.05) is 0 Å². The maximum absolute atomic E-state index is 12.6. The summed E-state index contributed by atoms with van der Waals surface area (Å²) in [4.78, 5) is 0. The van der Waals surface area contributed by atoms with Gasteiger partial charge in [-0.3, -0.25) is 0 Å². The molecule has 0 atom stereocenters. The summed E-state index contributed by atoms with van der Waals surface area (Å²) in [5.74, 6) is -0.484. The average Bonchev–Trinajstić information content (AvgIpc) is 2.07. The molecule has 0 aromatic heterocycles. The third-order valence-electron chi connectivity index (χ3n) is 1.43. The van der Waals surface area contributed by atoms with Crippen LogP contribution in [0, 0.1) is 5.82 Å². The third-order valence-corrected chi connectivity index (χ3v) is 1.43. The van der Waals surface area contributed by atoms with Gasteiger partial charge < -0.3 is 19.8 Å². The van der Waals surface area contributed by atoms with Crippen molar-refractivity contribution in [1.82, 2.24) is 0 Å². The van der Waals surface area contributed by atoms with Crippen LogP contribution >= 0.6 is 0 Å². The second-order valence-electron chi connectivity index (χ2n) is 2.35. The number of rotatable bonds is 3. The summed E-state index contributed by atoms with van der Waals surface area (Å²) >= 11 is 0. The molecule has 0 aliphatic rings. The van der Waals surface area contributed by atoms with Gasteiger partial charge in [0.05, 0.1) is 6.61 Å². The highest BCUT2D eigenvalue weighted by atomic mass is 19.1. The van der Waals surface area contributed by atoms with Crippen molar-refractivity contribution in [2.75, 3.05) is 0 Å². The summed E-state index contributed by atoms with van der Waals surface area (Å²) in [6.07, 6.45) is 0. The number of aliphatic hydroxyl groups excluding tert-OH is 1. The Morgan fingerprint density at radius 2 is 2.08 bits per heavy atom. The monoisotopic (exact) mass is 186 g/mol. The van der Waals surface area contributed by atoms with E-state index >= 15 is 0 Å². The van der Waals surface area contributed by atoms with Gasteiger partial charge in [-0.25, -0.2) is 4.39 Å². The van der Waals surface area contributed by atoms with Crippen LogP contribution in [0.15, 0.2) is 18.2 Å². The summed E-state index contributed by atoms with van der Waals surface area (Å²) in [5, 5.41) is 25.7.